The van der Waals surface area contributed by atoms with Gasteiger partial charge in [0.2, 0.25) is 17.7 Å². The predicted molar refractivity (Wildman–Crippen MR) is 176 cm³/mol. The van der Waals surface area contributed by atoms with Gasteiger partial charge >= 0.3 is 0 Å². The highest BCUT2D eigenvalue weighted by molar-refractivity contribution is 6.05. The summed E-state index contributed by atoms with van der Waals surface area (Å²) in [5.41, 5.74) is 5.28. The van der Waals surface area contributed by atoms with Crippen LogP contribution in [0.2, 0.25) is 0 Å². The highest BCUT2D eigenvalue weighted by atomic mass is 16.6. The second-order valence-corrected chi connectivity index (χ2v) is 12.4. The monoisotopic (exact) mass is 618 g/mol. The van der Waals surface area contributed by atoms with E-state index in [2.05, 4.69) is 20.9 Å². The number of amides is 3. The molecule has 0 bridgehead atoms. The maximum absolute atomic E-state index is 14.0. The third-order valence-electron chi connectivity index (χ3n) is 9.00. The zero-order chi connectivity index (χ0) is 32.4. The molecule has 46 heavy (non-hydrogen) atoms. The van der Waals surface area contributed by atoms with E-state index in [1.807, 2.05) is 92.0 Å². The largest absolute Gasteiger partial charge is 0.361 e. The van der Waals surface area contributed by atoms with E-state index in [1.165, 1.54) is 0 Å². The van der Waals surface area contributed by atoms with Crippen molar-refractivity contribution in [3.63, 3.8) is 0 Å². The molecule has 9 nitrogen and oxygen atoms in total. The normalized spacial score (nSPS) is 18.8. The first-order valence-electron chi connectivity index (χ1n) is 15.6. The number of nitrogens with one attached hydrogen (secondary N) is 4. The number of rotatable bonds is 12. The summed E-state index contributed by atoms with van der Waals surface area (Å²) in [6.45, 7) is 5.52. The van der Waals surface area contributed by atoms with Crippen molar-refractivity contribution in [2.24, 2.45) is 0 Å². The molecule has 9 heteroatoms. The number of ether oxygens (including phenoxy) is 1. The second kappa shape index (κ2) is 12.8. The Bertz CT molecular complexity index is 1840. The van der Waals surface area contributed by atoms with E-state index in [0.717, 1.165) is 38.7 Å². The fourth-order valence-corrected chi connectivity index (χ4v) is 6.10. The summed E-state index contributed by atoms with van der Waals surface area (Å²) in [7, 11) is 0. The number of aromatic amines is 1. The van der Waals surface area contributed by atoms with E-state index >= 15 is 0 Å². The van der Waals surface area contributed by atoms with Crippen LogP contribution in [0.5, 0.6) is 0 Å². The quantitative estimate of drug-likeness (QED) is 0.179. The van der Waals surface area contributed by atoms with Gasteiger partial charge in [0.1, 0.15) is 17.7 Å². The molecule has 0 radical (unpaired) electrons. The Kier molecular flexibility index (Phi) is 8.60. The number of ketones is 1. The highest BCUT2D eigenvalue weighted by Gasteiger charge is 2.50. The number of benzene rings is 3. The maximum atomic E-state index is 14.0. The lowest BCUT2D eigenvalue weighted by Gasteiger charge is -2.25. The Morgan fingerprint density at radius 2 is 1.52 bits per heavy atom. The van der Waals surface area contributed by atoms with Gasteiger partial charge in [0.05, 0.1) is 12.6 Å². The van der Waals surface area contributed by atoms with Gasteiger partial charge < -0.3 is 25.7 Å². The van der Waals surface area contributed by atoms with Gasteiger partial charge in [-0.3, -0.25) is 19.2 Å². The molecule has 0 unspecified atom stereocenters. The number of H-pyrrole nitrogens is 1. The molecule has 1 aliphatic heterocycles. The summed E-state index contributed by atoms with van der Waals surface area (Å²) in [6, 6.07) is 22.2. The van der Waals surface area contributed by atoms with Crippen LogP contribution < -0.4 is 16.0 Å². The molecule has 0 saturated carbocycles. The number of hydrogen-bond donors (Lipinski definition) is 4. The standard InChI is InChI=1S/C37H38N4O5/c1-22-27-14-8-7-13-25(27)18-29(22)35(44)39-23(2)34(43)41-32(19-26-20-38-30-16-10-9-15-28(26)30)36(45)40-31(33(42)37(3)21-46-37)17-24-11-5-4-6-12-24/h4-16,20,23,31-32,38H,17-19,21H2,1-3H3,(H,39,44)(H,40,45)(H,41,43)/t23-,31-,32-,37+/m0/s1. The SMILES string of the molecule is CC1=C(C(=O)N[C@@H](C)C(=O)N[C@@H](Cc2c[nH]c3ccccc23)C(=O)N[C@@H](Cc2ccccc2)C(=O)[C@@]2(C)CO2)Cc2ccccc21. The molecule has 0 spiro atoms. The maximum Gasteiger partial charge on any atom is 0.248 e. The molecule has 3 aromatic carbocycles. The fourth-order valence-electron chi connectivity index (χ4n) is 6.10. The summed E-state index contributed by atoms with van der Waals surface area (Å²) in [5.74, 6) is -1.55. The van der Waals surface area contributed by atoms with Crippen molar-refractivity contribution in [1.82, 2.24) is 20.9 Å². The summed E-state index contributed by atoms with van der Waals surface area (Å²) < 4.78 is 5.44. The van der Waals surface area contributed by atoms with E-state index in [4.69, 9.17) is 4.74 Å². The Morgan fingerprint density at radius 3 is 2.26 bits per heavy atom. The number of para-hydroxylation sites is 1. The second-order valence-electron chi connectivity index (χ2n) is 12.4. The number of epoxide rings is 1. The third kappa shape index (κ3) is 6.50. The lowest BCUT2D eigenvalue weighted by atomic mass is 9.94. The van der Waals surface area contributed by atoms with Crippen LogP contribution in [-0.2, 0) is 43.2 Å². The minimum atomic E-state index is -1.03. The molecule has 1 aromatic heterocycles. The van der Waals surface area contributed by atoms with Crippen LogP contribution in [0.25, 0.3) is 16.5 Å². The van der Waals surface area contributed by atoms with Gasteiger partial charge in [-0.1, -0.05) is 72.8 Å². The molecule has 2 aliphatic rings. The Balaban J connectivity index is 1.21. The first-order valence-corrected chi connectivity index (χ1v) is 15.6. The average Bonchev–Trinajstić information content (AvgIpc) is 3.55. The molecular formula is C37H38N4O5. The number of hydrogen-bond acceptors (Lipinski definition) is 5. The Labute approximate surface area is 267 Å². The fraction of sp³-hybridized carbons (Fsp3) is 0.297. The van der Waals surface area contributed by atoms with Crippen molar-refractivity contribution >= 4 is 40.0 Å². The minimum Gasteiger partial charge on any atom is -0.361 e. The molecule has 4 aromatic rings. The van der Waals surface area contributed by atoms with Crippen molar-refractivity contribution in [3.8, 4) is 0 Å². The van der Waals surface area contributed by atoms with Gasteiger partial charge in [-0.2, -0.15) is 0 Å². The van der Waals surface area contributed by atoms with Gasteiger partial charge in [-0.25, -0.2) is 0 Å². The highest BCUT2D eigenvalue weighted by Crippen LogP contribution is 2.32. The molecule has 2 heterocycles. The molecule has 236 valence electrons. The summed E-state index contributed by atoms with van der Waals surface area (Å²) in [5, 5.41) is 9.55. The first kappa shape index (κ1) is 31.0. The first-order chi connectivity index (χ1) is 22.1. The number of fused-ring (bicyclic) bond motifs is 2. The topological polar surface area (TPSA) is 133 Å². The lowest BCUT2D eigenvalue weighted by Crippen LogP contribution is -2.57. The number of aromatic nitrogens is 1. The lowest BCUT2D eigenvalue weighted by molar-refractivity contribution is -0.133. The minimum absolute atomic E-state index is 0.168. The van der Waals surface area contributed by atoms with Gasteiger partial charge in [-0.15, -0.1) is 0 Å². The van der Waals surface area contributed by atoms with Gasteiger partial charge in [0, 0.05) is 35.5 Å². The molecule has 4 atom stereocenters. The van der Waals surface area contributed by atoms with E-state index in [9.17, 15) is 19.2 Å². The Morgan fingerprint density at radius 1 is 0.848 bits per heavy atom. The molecule has 1 fully saturated rings. The van der Waals surface area contributed by atoms with E-state index in [-0.39, 0.29) is 24.5 Å². The van der Waals surface area contributed by atoms with Crippen LogP contribution in [0.1, 0.15) is 43.0 Å². The van der Waals surface area contributed by atoms with E-state index in [1.54, 1.807) is 13.8 Å². The summed E-state index contributed by atoms with van der Waals surface area (Å²) >= 11 is 0. The van der Waals surface area contributed by atoms with Crippen LogP contribution >= 0.6 is 0 Å². The average molecular weight is 619 g/mol. The number of carbonyl (C=O) groups is 4. The molecule has 1 aliphatic carbocycles. The van der Waals surface area contributed by atoms with Crippen LogP contribution in [0.4, 0.5) is 0 Å². The van der Waals surface area contributed by atoms with Crippen molar-refractivity contribution in [2.45, 2.75) is 63.8 Å². The molecule has 6 rings (SSSR count). The molecule has 3 amide bonds. The Hall–Kier alpha value is -5.02. The van der Waals surface area contributed by atoms with Crippen LogP contribution in [0.15, 0.2) is 90.6 Å². The van der Waals surface area contributed by atoms with Gasteiger partial charge in [0.25, 0.3) is 0 Å². The number of carbonyl (C=O) groups excluding carboxylic acids is 4. The van der Waals surface area contributed by atoms with Crippen molar-refractivity contribution < 1.29 is 23.9 Å². The van der Waals surface area contributed by atoms with E-state index < -0.39 is 35.5 Å². The summed E-state index contributed by atoms with van der Waals surface area (Å²) in [4.78, 5) is 57.5. The van der Waals surface area contributed by atoms with Crippen LogP contribution in [0.3, 0.4) is 0 Å². The smallest absolute Gasteiger partial charge is 0.248 e. The third-order valence-corrected chi connectivity index (χ3v) is 9.00. The summed E-state index contributed by atoms with van der Waals surface area (Å²) in [6.07, 6.45) is 2.76. The van der Waals surface area contributed by atoms with Crippen LogP contribution in [0, 0.1) is 0 Å². The van der Waals surface area contributed by atoms with E-state index in [0.29, 0.717) is 18.6 Å². The van der Waals surface area contributed by atoms with Gasteiger partial charge in [0.15, 0.2) is 5.78 Å². The zero-order valence-corrected chi connectivity index (χ0v) is 26.2. The number of Topliss-reactive ketones (excluding diaryl/α,β-unsaturated/α-hetero) is 1. The molecular weight excluding hydrogens is 580 g/mol. The van der Waals surface area contributed by atoms with Gasteiger partial charge in [-0.05, 0) is 61.1 Å². The zero-order valence-electron chi connectivity index (χ0n) is 26.2. The van der Waals surface area contributed by atoms with Crippen molar-refractivity contribution in [2.75, 3.05) is 6.61 Å². The molecule has 1 saturated heterocycles. The van der Waals surface area contributed by atoms with Crippen LogP contribution in [-0.4, -0.2) is 58.8 Å². The number of allylic oxidation sites excluding steroid dienone is 1. The van der Waals surface area contributed by atoms with Crippen molar-refractivity contribution in [3.05, 3.63) is 113 Å². The van der Waals surface area contributed by atoms with Crippen molar-refractivity contribution in [1.29, 1.82) is 0 Å². The molecule has 4 N–H and O–H groups in total. The predicted octanol–water partition coefficient (Wildman–Crippen LogP) is 3.82.